The quantitative estimate of drug-likeness (QED) is 0.732. The molecule has 3 N–H and O–H groups in total. The molecule has 0 amide bonds. The number of phenolic OH excluding ortho intramolecular Hbond substituents is 2. The first-order valence-corrected chi connectivity index (χ1v) is 7.42. The molecule has 0 bridgehead atoms. The minimum atomic E-state index is 0.314. The molecule has 0 radical (unpaired) electrons. The van der Waals surface area contributed by atoms with Gasteiger partial charge in [0.1, 0.15) is 11.5 Å². The number of benzene rings is 2. The number of nitrogens with one attached hydrogen (secondary N) is 1. The van der Waals surface area contributed by atoms with Gasteiger partial charge in [-0.1, -0.05) is 24.3 Å². The minimum absolute atomic E-state index is 0.314. The second kappa shape index (κ2) is 7.70. The van der Waals surface area contributed by atoms with Crippen molar-refractivity contribution in [1.82, 2.24) is 5.32 Å². The van der Waals surface area contributed by atoms with Gasteiger partial charge in [-0.2, -0.15) is 0 Å². The molecule has 0 aliphatic heterocycles. The third kappa shape index (κ3) is 5.48. The Bertz CT molecular complexity index is 534. The van der Waals surface area contributed by atoms with Crippen LogP contribution in [-0.4, -0.2) is 22.8 Å². The summed E-state index contributed by atoms with van der Waals surface area (Å²) in [6.45, 7) is 3.12. The summed E-state index contributed by atoms with van der Waals surface area (Å²) in [4.78, 5) is 0. The van der Waals surface area contributed by atoms with Crippen molar-refractivity contribution in [3.8, 4) is 11.5 Å². The molecule has 2 aromatic rings. The van der Waals surface area contributed by atoms with Crippen LogP contribution < -0.4 is 5.32 Å². The van der Waals surface area contributed by atoms with Crippen molar-refractivity contribution in [2.24, 2.45) is 0 Å². The molecule has 0 aromatic heterocycles. The summed E-state index contributed by atoms with van der Waals surface area (Å²) in [5, 5.41) is 22.0. The number of rotatable bonds is 7. The molecule has 0 aliphatic rings. The predicted octanol–water partition coefficient (Wildman–Crippen LogP) is 3.25. The molecule has 1 atom stereocenters. The second-order valence-corrected chi connectivity index (χ2v) is 5.48. The normalized spacial score (nSPS) is 12.2. The Morgan fingerprint density at radius 3 is 1.81 bits per heavy atom. The average molecular weight is 285 g/mol. The van der Waals surface area contributed by atoms with E-state index in [-0.39, 0.29) is 0 Å². The summed E-state index contributed by atoms with van der Waals surface area (Å²) < 4.78 is 0. The van der Waals surface area contributed by atoms with Crippen LogP contribution in [0.2, 0.25) is 0 Å². The first kappa shape index (κ1) is 15.4. The van der Waals surface area contributed by atoms with E-state index in [4.69, 9.17) is 0 Å². The van der Waals surface area contributed by atoms with E-state index in [1.165, 1.54) is 11.1 Å². The number of phenols is 2. The van der Waals surface area contributed by atoms with Crippen LogP contribution >= 0.6 is 0 Å². The largest absolute Gasteiger partial charge is 0.508 e. The molecule has 0 spiro atoms. The smallest absolute Gasteiger partial charge is 0.115 e. The lowest BCUT2D eigenvalue weighted by molar-refractivity contribution is 0.474. The van der Waals surface area contributed by atoms with Crippen LogP contribution in [0.5, 0.6) is 11.5 Å². The van der Waals surface area contributed by atoms with Crippen molar-refractivity contribution >= 4 is 0 Å². The summed E-state index contributed by atoms with van der Waals surface area (Å²) in [5.41, 5.74) is 2.48. The highest BCUT2D eigenvalue weighted by molar-refractivity contribution is 5.26. The number of hydrogen-bond donors (Lipinski definition) is 3. The van der Waals surface area contributed by atoms with Gasteiger partial charge in [0.05, 0.1) is 0 Å². The molecule has 21 heavy (non-hydrogen) atoms. The lowest BCUT2D eigenvalue weighted by atomic mass is 10.1. The van der Waals surface area contributed by atoms with E-state index in [9.17, 15) is 10.2 Å². The van der Waals surface area contributed by atoms with Gasteiger partial charge in [0, 0.05) is 6.04 Å². The molecule has 112 valence electrons. The van der Waals surface area contributed by atoms with Crippen LogP contribution in [0.3, 0.4) is 0 Å². The van der Waals surface area contributed by atoms with E-state index in [0.717, 1.165) is 25.8 Å². The van der Waals surface area contributed by atoms with Gasteiger partial charge < -0.3 is 15.5 Å². The van der Waals surface area contributed by atoms with Crippen LogP contribution in [-0.2, 0) is 12.8 Å². The molecule has 0 heterocycles. The highest BCUT2D eigenvalue weighted by Gasteiger charge is 2.02. The van der Waals surface area contributed by atoms with Crippen LogP contribution in [0.15, 0.2) is 48.5 Å². The van der Waals surface area contributed by atoms with E-state index in [0.29, 0.717) is 17.5 Å². The van der Waals surface area contributed by atoms with Gasteiger partial charge in [-0.05, 0) is 68.1 Å². The number of hydrogen-bond acceptors (Lipinski definition) is 3. The maximum Gasteiger partial charge on any atom is 0.115 e. The molecule has 0 saturated heterocycles. The molecule has 0 aliphatic carbocycles. The van der Waals surface area contributed by atoms with E-state index in [2.05, 4.69) is 12.2 Å². The van der Waals surface area contributed by atoms with Crippen molar-refractivity contribution in [2.75, 3.05) is 6.54 Å². The zero-order chi connectivity index (χ0) is 15.1. The molecule has 3 nitrogen and oxygen atoms in total. The number of aryl methyl sites for hydroxylation is 1. The maximum atomic E-state index is 9.25. The summed E-state index contributed by atoms with van der Waals surface area (Å²) in [5.74, 6) is 0.632. The third-order valence-electron chi connectivity index (χ3n) is 3.65. The summed E-state index contributed by atoms with van der Waals surface area (Å²) >= 11 is 0. The topological polar surface area (TPSA) is 52.5 Å². The lowest BCUT2D eigenvalue weighted by Crippen LogP contribution is -2.28. The highest BCUT2D eigenvalue weighted by Crippen LogP contribution is 2.12. The lowest BCUT2D eigenvalue weighted by Gasteiger charge is -2.14. The van der Waals surface area contributed by atoms with Crippen LogP contribution in [0.25, 0.3) is 0 Å². The fourth-order valence-corrected chi connectivity index (χ4v) is 2.27. The van der Waals surface area contributed by atoms with E-state index >= 15 is 0 Å². The summed E-state index contributed by atoms with van der Waals surface area (Å²) in [6.07, 6.45) is 3.04. The van der Waals surface area contributed by atoms with Gasteiger partial charge >= 0.3 is 0 Å². The van der Waals surface area contributed by atoms with Gasteiger partial charge in [-0.25, -0.2) is 0 Å². The predicted molar refractivity (Wildman–Crippen MR) is 85.7 cm³/mol. The minimum Gasteiger partial charge on any atom is -0.508 e. The fraction of sp³-hybridized carbons (Fsp3) is 0.333. The van der Waals surface area contributed by atoms with Crippen LogP contribution in [0.1, 0.15) is 24.5 Å². The van der Waals surface area contributed by atoms with Gasteiger partial charge in [-0.15, -0.1) is 0 Å². The van der Waals surface area contributed by atoms with Gasteiger partial charge in [-0.3, -0.25) is 0 Å². The van der Waals surface area contributed by atoms with Crippen molar-refractivity contribution in [3.63, 3.8) is 0 Å². The molecular formula is C18H23NO2. The standard InChI is InChI=1S/C18H23NO2/c1-14(2-3-15-4-8-17(20)9-5-15)19-13-12-16-6-10-18(21)11-7-16/h4-11,14,19-21H,2-3,12-13H2,1H3. The monoisotopic (exact) mass is 285 g/mol. The molecule has 0 fully saturated rings. The molecule has 1 unspecified atom stereocenters. The first-order valence-electron chi connectivity index (χ1n) is 7.42. The van der Waals surface area contributed by atoms with E-state index < -0.39 is 0 Å². The Balaban J connectivity index is 1.66. The van der Waals surface area contributed by atoms with Crippen molar-refractivity contribution < 1.29 is 10.2 Å². The van der Waals surface area contributed by atoms with Crippen molar-refractivity contribution in [1.29, 1.82) is 0 Å². The van der Waals surface area contributed by atoms with Crippen LogP contribution in [0, 0.1) is 0 Å². The Morgan fingerprint density at radius 1 is 0.810 bits per heavy atom. The second-order valence-electron chi connectivity index (χ2n) is 5.48. The summed E-state index contributed by atoms with van der Waals surface area (Å²) in [7, 11) is 0. The third-order valence-corrected chi connectivity index (χ3v) is 3.65. The Labute approximate surface area is 126 Å². The molecule has 2 rings (SSSR count). The Kier molecular flexibility index (Phi) is 5.64. The first-order chi connectivity index (χ1) is 10.1. The van der Waals surface area contributed by atoms with Crippen molar-refractivity contribution in [3.05, 3.63) is 59.7 Å². The molecule has 2 aromatic carbocycles. The van der Waals surface area contributed by atoms with Crippen molar-refractivity contribution in [2.45, 2.75) is 32.2 Å². The maximum absolute atomic E-state index is 9.25. The van der Waals surface area contributed by atoms with Gasteiger partial charge in [0.15, 0.2) is 0 Å². The van der Waals surface area contributed by atoms with Gasteiger partial charge in [0.25, 0.3) is 0 Å². The van der Waals surface area contributed by atoms with E-state index in [1.54, 1.807) is 24.3 Å². The Morgan fingerprint density at radius 2 is 1.29 bits per heavy atom. The number of aromatic hydroxyl groups is 2. The van der Waals surface area contributed by atoms with E-state index in [1.807, 2.05) is 24.3 Å². The Hall–Kier alpha value is -2.00. The highest BCUT2D eigenvalue weighted by atomic mass is 16.3. The van der Waals surface area contributed by atoms with Gasteiger partial charge in [0.2, 0.25) is 0 Å². The average Bonchev–Trinajstić information content (AvgIpc) is 2.49. The molecule has 3 heteroatoms. The molecular weight excluding hydrogens is 262 g/mol. The molecule has 0 saturated carbocycles. The summed E-state index contributed by atoms with van der Waals surface area (Å²) in [6, 6.07) is 15.2. The fourth-order valence-electron chi connectivity index (χ4n) is 2.27. The van der Waals surface area contributed by atoms with Crippen LogP contribution in [0.4, 0.5) is 0 Å². The SMILES string of the molecule is CC(CCc1ccc(O)cc1)NCCc1ccc(O)cc1. The zero-order valence-corrected chi connectivity index (χ0v) is 12.4. The zero-order valence-electron chi connectivity index (χ0n) is 12.4.